The van der Waals surface area contributed by atoms with Gasteiger partial charge in [0.25, 0.3) is 0 Å². The molecule has 27 heavy (non-hydrogen) atoms. The number of fused-ring (bicyclic) bond motifs is 1. The van der Waals surface area contributed by atoms with E-state index in [2.05, 4.69) is 0 Å². The molecular weight excluding hydrogens is 360 g/mol. The second-order valence-electron chi connectivity index (χ2n) is 7.08. The van der Waals surface area contributed by atoms with Crippen LogP contribution in [0.1, 0.15) is 29.2 Å². The zero-order valence-corrected chi connectivity index (χ0v) is 14.6. The van der Waals surface area contributed by atoms with Gasteiger partial charge in [0.05, 0.1) is 23.0 Å². The molecule has 1 aromatic carbocycles. The molecule has 0 spiro atoms. The maximum absolute atomic E-state index is 15.4. The minimum atomic E-state index is -1.42. The van der Waals surface area contributed by atoms with Crippen LogP contribution in [0.3, 0.4) is 0 Å². The van der Waals surface area contributed by atoms with Gasteiger partial charge in [-0.05, 0) is 18.9 Å². The van der Waals surface area contributed by atoms with Crippen molar-refractivity contribution < 1.29 is 23.4 Å². The topological polar surface area (TPSA) is 97.8 Å². The highest BCUT2D eigenvalue weighted by Gasteiger charge is 2.35. The van der Waals surface area contributed by atoms with Crippen LogP contribution in [0.2, 0.25) is 0 Å². The van der Waals surface area contributed by atoms with Crippen molar-refractivity contribution in [3.05, 3.63) is 39.7 Å². The van der Waals surface area contributed by atoms with Gasteiger partial charge in [0.15, 0.2) is 5.82 Å². The van der Waals surface area contributed by atoms with Crippen LogP contribution >= 0.6 is 0 Å². The van der Waals surface area contributed by atoms with E-state index in [1.54, 1.807) is 0 Å². The maximum atomic E-state index is 15.4. The maximum Gasteiger partial charge on any atom is 0.341 e. The van der Waals surface area contributed by atoms with Gasteiger partial charge in [-0.15, -0.1) is 0 Å². The fourth-order valence-electron chi connectivity index (χ4n) is 3.75. The number of anilines is 1. The number of methoxy groups -OCH3 is 1. The summed E-state index contributed by atoms with van der Waals surface area (Å²) in [6.45, 7) is 0.427. The van der Waals surface area contributed by atoms with Crippen molar-refractivity contribution >= 4 is 22.6 Å². The summed E-state index contributed by atoms with van der Waals surface area (Å²) in [6, 6.07) is 0.420. The van der Waals surface area contributed by atoms with Crippen LogP contribution in [0.5, 0.6) is 0 Å². The second kappa shape index (κ2) is 6.28. The third kappa shape index (κ3) is 2.78. The third-order valence-electron chi connectivity index (χ3n) is 5.28. The normalized spacial score (nSPS) is 22.6. The van der Waals surface area contributed by atoms with Gasteiger partial charge in [-0.3, -0.25) is 4.79 Å². The Morgan fingerprint density at radius 2 is 2.04 bits per heavy atom. The molecule has 1 aliphatic carbocycles. The standard InChI is InChI=1S/C18H19F2N3O4/c1-27-13-7-22(6-12(13)21)16-11(19)4-9-15(14(16)20)23(8-2-3-8)5-10(17(9)24)18(25)26/h4-5,8,12-13H,2-3,6-7,21H2,1H3,(H,25,26)/t12-,13+/m1/s1. The van der Waals surface area contributed by atoms with Gasteiger partial charge in [-0.2, -0.15) is 0 Å². The van der Waals surface area contributed by atoms with Crippen LogP contribution in [-0.4, -0.2) is 48.0 Å². The molecule has 2 aliphatic rings. The Labute approximate surface area is 152 Å². The molecule has 2 fully saturated rings. The average Bonchev–Trinajstić information content (AvgIpc) is 3.38. The largest absolute Gasteiger partial charge is 0.477 e. The molecular formula is C18H19F2N3O4. The third-order valence-corrected chi connectivity index (χ3v) is 5.28. The van der Waals surface area contributed by atoms with E-state index in [0.717, 1.165) is 25.1 Å². The Bertz CT molecular complexity index is 1000. The first kappa shape index (κ1) is 17.9. The van der Waals surface area contributed by atoms with Crippen molar-refractivity contribution in [3.8, 4) is 0 Å². The van der Waals surface area contributed by atoms with Gasteiger partial charge in [0.1, 0.15) is 17.1 Å². The fourth-order valence-corrected chi connectivity index (χ4v) is 3.75. The molecule has 0 amide bonds. The molecule has 2 aromatic rings. The Hall–Kier alpha value is -2.52. The number of ether oxygens (including phenoxy) is 1. The average molecular weight is 379 g/mol. The van der Waals surface area contributed by atoms with Crippen molar-refractivity contribution in [3.63, 3.8) is 0 Å². The Kier molecular flexibility index (Phi) is 4.15. The van der Waals surface area contributed by atoms with Crippen LogP contribution in [0.25, 0.3) is 10.9 Å². The summed E-state index contributed by atoms with van der Waals surface area (Å²) in [6.07, 6.45) is 2.27. The van der Waals surface area contributed by atoms with E-state index in [9.17, 15) is 19.1 Å². The quantitative estimate of drug-likeness (QED) is 0.835. The number of rotatable bonds is 4. The zero-order chi connectivity index (χ0) is 19.5. The number of carboxylic acids is 1. The summed E-state index contributed by atoms with van der Waals surface area (Å²) in [5, 5.41) is 9.00. The van der Waals surface area contributed by atoms with Crippen LogP contribution in [0, 0.1) is 11.6 Å². The number of benzene rings is 1. The van der Waals surface area contributed by atoms with Gasteiger partial charge in [-0.1, -0.05) is 0 Å². The number of halogens is 2. The van der Waals surface area contributed by atoms with Crippen LogP contribution < -0.4 is 16.1 Å². The number of aromatic nitrogens is 1. The first-order valence-electron chi connectivity index (χ1n) is 8.67. The molecule has 144 valence electrons. The number of nitrogens with two attached hydrogens (primary N) is 1. The van der Waals surface area contributed by atoms with Crippen molar-refractivity contribution in [2.45, 2.75) is 31.0 Å². The zero-order valence-electron chi connectivity index (χ0n) is 14.6. The summed E-state index contributed by atoms with van der Waals surface area (Å²) in [7, 11) is 1.49. The monoisotopic (exact) mass is 379 g/mol. The van der Waals surface area contributed by atoms with Crippen molar-refractivity contribution in [1.29, 1.82) is 0 Å². The Morgan fingerprint density at radius 3 is 2.59 bits per heavy atom. The van der Waals surface area contributed by atoms with E-state index in [0.29, 0.717) is 0 Å². The van der Waals surface area contributed by atoms with Gasteiger partial charge < -0.3 is 25.0 Å². The summed E-state index contributed by atoms with van der Waals surface area (Å²) in [5.41, 5.74) is 4.23. The van der Waals surface area contributed by atoms with Crippen molar-refractivity contribution in [2.75, 3.05) is 25.1 Å². The molecule has 7 nitrogen and oxygen atoms in total. The molecule has 3 N–H and O–H groups in total. The minimum absolute atomic E-state index is 0.0710. The van der Waals surface area contributed by atoms with E-state index in [1.165, 1.54) is 16.6 Å². The lowest BCUT2D eigenvalue weighted by Gasteiger charge is -2.22. The van der Waals surface area contributed by atoms with Crippen LogP contribution in [0.15, 0.2) is 17.1 Å². The lowest BCUT2D eigenvalue weighted by molar-refractivity contribution is 0.0694. The van der Waals surface area contributed by atoms with Crippen molar-refractivity contribution in [2.24, 2.45) is 5.73 Å². The predicted octanol–water partition coefficient (Wildman–Crippen LogP) is 1.48. The SMILES string of the molecule is CO[C@H]1CN(c2c(F)cc3c(=O)c(C(=O)O)cn(C4CC4)c3c2F)C[C@H]1N. The first-order valence-corrected chi connectivity index (χ1v) is 8.67. The van der Waals surface area contributed by atoms with Crippen LogP contribution in [-0.2, 0) is 4.74 Å². The number of pyridine rings is 1. The molecule has 1 saturated heterocycles. The fraction of sp³-hybridized carbons (Fsp3) is 0.444. The highest BCUT2D eigenvalue weighted by molar-refractivity contribution is 5.94. The molecule has 0 bridgehead atoms. The smallest absolute Gasteiger partial charge is 0.341 e. The Balaban J connectivity index is 1.96. The molecule has 2 atom stereocenters. The minimum Gasteiger partial charge on any atom is -0.477 e. The van der Waals surface area contributed by atoms with Gasteiger partial charge in [0, 0.05) is 32.4 Å². The van der Waals surface area contributed by atoms with E-state index in [1.807, 2.05) is 0 Å². The lowest BCUT2D eigenvalue weighted by atomic mass is 10.1. The lowest BCUT2D eigenvalue weighted by Crippen LogP contribution is -2.34. The number of carboxylic acid groups (broad SMARTS) is 1. The molecule has 0 radical (unpaired) electrons. The predicted molar refractivity (Wildman–Crippen MR) is 94.3 cm³/mol. The van der Waals surface area contributed by atoms with Crippen molar-refractivity contribution in [1.82, 2.24) is 4.57 Å². The van der Waals surface area contributed by atoms with Gasteiger partial charge in [0.2, 0.25) is 5.43 Å². The molecule has 9 heteroatoms. The van der Waals surface area contributed by atoms with Gasteiger partial charge >= 0.3 is 5.97 Å². The molecule has 1 aromatic heterocycles. The molecule has 4 rings (SSSR count). The molecule has 1 saturated carbocycles. The molecule has 0 unspecified atom stereocenters. The number of aromatic carboxylic acids is 1. The summed E-state index contributed by atoms with van der Waals surface area (Å²) < 4.78 is 36.9. The number of hydrogen-bond acceptors (Lipinski definition) is 5. The number of hydrogen-bond donors (Lipinski definition) is 2. The van der Waals surface area contributed by atoms with E-state index in [4.69, 9.17) is 10.5 Å². The summed E-state index contributed by atoms with van der Waals surface area (Å²) >= 11 is 0. The Morgan fingerprint density at radius 1 is 1.33 bits per heavy atom. The summed E-state index contributed by atoms with van der Waals surface area (Å²) in [4.78, 5) is 25.3. The highest BCUT2D eigenvalue weighted by Crippen LogP contribution is 2.40. The first-order chi connectivity index (χ1) is 12.8. The van der Waals surface area contributed by atoms with E-state index < -0.39 is 34.6 Å². The van der Waals surface area contributed by atoms with E-state index >= 15 is 4.39 Å². The summed E-state index contributed by atoms with van der Waals surface area (Å²) in [5.74, 6) is -3.23. The molecule has 2 heterocycles. The van der Waals surface area contributed by atoms with Crippen LogP contribution in [0.4, 0.5) is 14.5 Å². The number of carbonyl (C=O) groups is 1. The highest BCUT2D eigenvalue weighted by atomic mass is 19.1. The second-order valence-corrected chi connectivity index (χ2v) is 7.08. The van der Waals surface area contributed by atoms with Gasteiger partial charge in [-0.25, -0.2) is 13.6 Å². The van der Waals surface area contributed by atoms with E-state index in [-0.39, 0.29) is 41.8 Å². The number of nitrogens with zero attached hydrogens (tertiary/aromatic N) is 2. The molecule has 1 aliphatic heterocycles.